The molecule has 3 heteroatoms. The van der Waals surface area contributed by atoms with Gasteiger partial charge in [-0.3, -0.25) is 4.90 Å². The standard InChI is InChI=1S/C20H23Cl2N/c1-2-15-3-5-16(6-4-15)17-9-11-23(12-10-17)14-18-7-8-19(21)13-20(18)22/h3-8,13,17H,2,9-12,14H2,1H3. The van der Waals surface area contributed by atoms with Crippen molar-refractivity contribution in [2.75, 3.05) is 13.1 Å². The third-order valence-corrected chi connectivity index (χ3v) is 5.44. The molecule has 1 heterocycles. The van der Waals surface area contributed by atoms with Gasteiger partial charge in [0.25, 0.3) is 0 Å². The number of hydrogen-bond acceptors (Lipinski definition) is 1. The highest BCUT2D eigenvalue weighted by Gasteiger charge is 2.21. The van der Waals surface area contributed by atoms with Gasteiger partial charge in [0, 0.05) is 16.6 Å². The van der Waals surface area contributed by atoms with Crippen LogP contribution in [0.3, 0.4) is 0 Å². The maximum atomic E-state index is 6.29. The van der Waals surface area contributed by atoms with Crippen molar-refractivity contribution in [3.8, 4) is 0 Å². The lowest BCUT2D eigenvalue weighted by molar-refractivity contribution is 0.204. The van der Waals surface area contributed by atoms with Gasteiger partial charge in [-0.05, 0) is 67.1 Å². The molecule has 2 aromatic rings. The third kappa shape index (κ3) is 4.29. The number of likely N-dealkylation sites (tertiary alicyclic amines) is 1. The Labute approximate surface area is 149 Å². The minimum atomic E-state index is 0.692. The van der Waals surface area contributed by atoms with E-state index in [0.29, 0.717) is 10.9 Å². The molecule has 0 unspecified atom stereocenters. The molecule has 0 atom stereocenters. The van der Waals surface area contributed by atoms with Crippen molar-refractivity contribution < 1.29 is 0 Å². The van der Waals surface area contributed by atoms with Crippen molar-refractivity contribution in [2.24, 2.45) is 0 Å². The molecule has 0 aliphatic carbocycles. The Bertz CT molecular complexity index is 643. The van der Waals surface area contributed by atoms with Crippen LogP contribution in [0, 0.1) is 0 Å². The van der Waals surface area contributed by atoms with Gasteiger partial charge in [0.05, 0.1) is 0 Å². The molecule has 2 aromatic carbocycles. The van der Waals surface area contributed by atoms with E-state index in [1.807, 2.05) is 18.2 Å². The van der Waals surface area contributed by atoms with Crippen LogP contribution < -0.4 is 0 Å². The fourth-order valence-electron chi connectivity index (χ4n) is 3.34. The first kappa shape index (κ1) is 16.8. The minimum Gasteiger partial charge on any atom is -0.299 e. The van der Waals surface area contributed by atoms with Gasteiger partial charge in [0.15, 0.2) is 0 Å². The van der Waals surface area contributed by atoms with Crippen molar-refractivity contribution in [3.63, 3.8) is 0 Å². The molecular weight excluding hydrogens is 325 g/mol. The molecule has 0 spiro atoms. The fourth-order valence-corrected chi connectivity index (χ4v) is 3.81. The molecule has 1 aliphatic heterocycles. The van der Waals surface area contributed by atoms with Crippen LogP contribution in [0.4, 0.5) is 0 Å². The molecule has 1 saturated heterocycles. The molecule has 0 saturated carbocycles. The van der Waals surface area contributed by atoms with E-state index in [4.69, 9.17) is 23.2 Å². The summed E-state index contributed by atoms with van der Waals surface area (Å²) in [7, 11) is 0. The second kappa shape index (κ2) is 7.70. The normalized spacial score (nSPS) is 16.7. The molecule has 0 amide bonds. The monoisotopic (exact) mass is 347 g/mol. The van der Waals surface area contributed by atoms with Gasteiger partial charge >= 0.3 is 0 Å². The van der Waals surface area contributed by atoms with Crippen LogP contribution in [0.5, 0.6) is 0 Å². The lowest BCUT2D eigenvalue weighted by atomic mass is 9.88. The van der Waals surface area contributed by atoms with Crippen molar-refractivity contribution in [3.05, 3.63) is 69.2 Å². The summed E-state index contributed by atoms with van der Waals surface area (Å²) in [4.78, 5) is 2.49. The maximum Gasteiger partial charge on any atom is 0.0465 e. The fraction of sp³-hybridized carbons (Fsp3) is 0.400. The van der Waals surface area contributed by atoms with E-state index in [-0.39, 0.29) is 0 Å². The number of aryl methyl sites for hydroxylation is 1. The highest BCUT2D eigenvalue weighted by molar-refractivity contribution is 6.35. The van der Waals surface area contributed by atoms with Gasteiger partial charge in [-0.15, -0.1) is 0 Å². The summed E-state index contributed by atoms with van der Waals surface area (Å²) < 4.78 is 0. The summed E-state index contributed by atoms with van der Waals surface area (Å²) >= 11 is 12.3. The molecule has 1 fully saturated rings. The molecule has 1 nitrogen and oxygen atoms in total. The Hall–Kier alpha value is -1.02. The predicted molar refractivity (Wildman–Crippen MR) is 99.5 cm³/mol. The molecule has 0 bridgehead atoms. The topological polar surface area (TPSA) is 3.24 Å². The zero-order valence-electron chi connectivity index (χ0n) is 13.6. The lowest BCUT2D eigenvalue weighted by Crippen LogP contribution is -2.32. The molecule has 0 radical (unpaired) electrons. The number of benzene rings is 2. The summed E-state index contributed by atoms with van der Waals surface area (Å²) in [6.45, 7) is 5.37. The van der Waals surface area contributed by atoms with Crippen molar-refractivity contribution in [2.45, 2.75) is 38.6 Å². The lowest BCUT2D eigenvalue weighted by Gasteiger charge is -2.32. The van der Waals surface area contributed by atoms with Crippen LogP contribution in [-0.2, 0) is 13.0 Å². The molecule has 0 N–H and O–H groups in total. The van der Waals surface area contributed by atoms with E-state index in [1.54, 1.807) is 0 Å². The van der Waals surface area contributed by atoms with E-state index in [0.717, 1.165) is 31.1 Å². The first-order chi connectivity index (χ1) is 11.2. The van der Waals surface area contributed by atoms with Crippen LogP contribution in [0.15, 0.2) is 42.5 Å². The van der Waals surface area contributed by atoms with Crippen molar-refractivity contribution in [1.29, 1.82) is 0 Å². The van der Waals surface area contributed by atoms with Gasteiger partial charge in [0.1, 0.15) is 0 Å². The summed E-state index contributed by atoms with van der Waals surface area (Å²) in [5.74, 6) is 0.692. The smallest absolute Gasteiger partial charge is 0.0465 e. The average molecular weight is 348 g/mol. The van der Waals surface area contributed by atoms with Gasteiger partial charge in [-0.25, -0.2) is 0 Å². The quantitative estimate of drug-likeness (QED) is 0.661. The van der Waals surface area contributed by atoms with E-state index >= 15 is 0 Å². The first-order valence-electron chi connectivity index (χ1n) is 8.41. The number of halogens is 2. The van der Waals surface area contributed by atoms with Gasteiger partial charge in [-0.1, -0.05) is 60.5 Å². The minimum absolute atomic E-state index is 0.692. The Kier molecular flexibility index (Phi) is 5.63. The summed E-state index contributed by atoms with van der Waals surface area (Å²) in [5.41, 5.74) is 4.08. The molecule has 23 heavy (non-hydrogen) atoms. The van der Waals surface area contributed by atoms with E-state index in [1.165, 1.54) is 29.5 Å². The number of piperidine rings is 1. The van der Waals surface area contributed by atoms with E-state index in [2.05, 4.69) is 36.1 Å². The zero-order valence-corrected chi connectivity index (χ0v) is 15.1. The average Bonchev–Trinajstić information content (AvgIpc) is 2.58. The highest BCUT2D eigenvalue weighted by atomic mass is 35.5. The molecular formula is C20H23Cl2N. The number of nitrogens with zero attached hydrogens (tertiary/aromatic N) is 1. The second-order valence-corrected chi connectivity index (χ2v) is 7.22. The molecule has 0 aromatic heterocycles. The molecule has 1 aliphatic rings. The Morgan fingerprint density at radius 2 is 1.70 bits per heavy atom. The Morgan fingerprint density at radius 1 is 1.00 bits per heavy atom. The SMILES string of the molecule is CCc1ccc(C2CCN(Cc3ccc(Cl)cc3Cl)CC2)cc1. The van der Waals surface area contributed by atoms with Crippen LogP contribution in [0.2, 0.25) is 10.0 Å². The van der Waals surface area contributed by atoms with Crippen molar-refractivity contribution in [1.82, 2.24) is 4.90 Å². The highest BCUT2D eigenvalue weighted by Crippen LogP contribution is 2.30. The third-order valence-electron chi connectivity index (χ3n) is 4.86. The van der Waals surface area contributed by atoms with E-state index in [9.17, 15) is 0 Å². The number of rotatable bonds is 4. The zero-order chi connectivity index (χ0) is 16.2. The first-order valence-corrected chi connectivity index (χ1v) is 9.16. The Morgan fingerprint density at radius 3 is 2.30 bits per heavy atom. The molecule has 122 valence electrons. The summed E-state index contributed by atoms with van der Waals surface area (Å²) in [5, 5.41) is 1.47. The molecule has 3 rings (SSSR count). The largest absolute Gasteiger partial charge is 0.299 e. The summed E-state index contributed by atoms with van der Waals surface area (Å²) in [6.07, 6.45) is 3.55. The van der Waals surface area contributed by atoms with Crippen LogP contribution in [0.25, 0.3) is 0 Å². The second-order valence-electron chi connectivity index (χ2n) is 6.38. The predicted octanol–water partition coefficient (Wildman–Crippen LogP) is 5.94. The van der Waals surface area contributed by atoms with Crippen LogP contribution >= 0.6 is 23.2 Å². The maximum absolute atomic E-state index is 6.29. The van der Waals surface area contributed by atoms with Crippen molar-refractivity contribution >= 4 is 23.2 Å². The van der Waals surface area contributed by atoms with Crippen LogP contribution in [0.1, 0.15) is 42.4 Å². The van der Waals surface area contributed by atoms with Gasteiger partial charge < -0.3 is 0 Å². The van der Waals surface area contributed by atoms with Crippen LogP contribution in [-0.4, -0.2) is 18.0 Å². The summed E-state index contributed by atoms with van der Waals surface area (Å²) in [6, 6.07) is 15.0. The van der Waals surface area contributed by atoms with Gasteiger partial charge in [-0.2, -0.15) is 0 Å². The Balaban J connectivity index is 1.57. The van der Waals surface area contributed by atoms with Gasteiger partial charge in [0.2, 0.25) is 0 Å². The number of hydrogen-bond donors (Lipinski definition) is 0. The van der Waals surface area contributed by atoms with E-state index < -0.39 is 0 Å².